The number of carbonyl (C=O) groups is 2. The molecule has 1 aliphatic heterocycles. The Morgan fingerprint density at radius 3 is 2.84 bits per heavy atom. The topological polar surface area (TPSA) is 61.9 Å². The molecule has 0 radical (unpaired) electrons. The van der Waals surface area contributed by atoms with E-state index in [-0.39, 0.29) is 30.2 Å². The summed E-state index contributed by atoms with van der Waals surface area (Å²) in [5.41, 5.74) is 0.670. The van der Waals surface area contributed by atoms with Gasteiger partial charge in [0.25, 0.3) is 0 Å². The fourth-order valence-electron chi connectivity index (χ4n) is 2.81. The number of piperidine rings is 1. The molecule has 1 N–H and O–H groups in total. The Morgan fingerprint density at radius 2 is 2.16 bits per heavy atom. The molecule has 0 aliphatic carbocycles. The number of likely N-dealkylation sites (tertiary alicyclic amines) is 1. The summed E-state index contributed by atoms with van der Waals surface area (Å²) in [6.45, 7) is -1.63. The first-order valence-corrected chi connectivity index (χ1v) is 8.14. The molecule has 0 bridgehead atoms. The van der Waals surface area contributed by atoms with Crippen LogP contribution >= 0.6 is 0 Å². The smallest absolute Gasteiger partial charge is 0.387 e. The second-order valence-corrected chi connectivity index (χ2v) is 6.21. The Morgan fingerprint density at radius 1 is 1.40 bits per heavy atom. The SMILES string of the molecule is CN(C)C(=O)N1CCC[C@@H](C(=O)NCc2cccc(OC(F)F)c2)C1. The molecule has 1 fully saturated rings. The van der Waals surface area contributed by atoms with Gasteiger partial charge in [0.15, 0.2) is 0 Å². The van der Waals surface area contributed by atoms with E-state index in [4.69, 9.17) is 0 Å². The number of urea groups is 1. The first kappa shape index (κ1) is 19.0. The molecule has 25 heavy (non-hydrogen) atoms. The molecule has 8 heteroatoms. The number of hydrogen-bond donors (Lipinski definition) is 1. The third-order valence-corrected chi connectivity index (χ3v) is 4.04. The number of ether oxygens (including phenoxy) is 1. The zero-order chi connectivity index (χ0) is 18.4. The van der Waals surface area contributed by atoms with E-state index in [1.165, 1.54) is 17.0 Å². The number of amides is 3. The van der Waals surface area contributed by atoms with Gasteiger partial charge in [-0.3, -0.25) is 4.79 Å². The highest BCUT2D eigenvalue weighted by molar-refractivity contribution is 5.80. The van der Waals surface area contributed by atoms with Crippen molar-refractivity contribution in [2.75, 3.05) is 27.2 Å². The van der Waals surface area contributed by atoms with E-state index in [2.05, 4.69) is 10.1 Å². The van der Waals surface area contributed by atoms with Crippen LogP contribution < -0.4 is 10.1 Å². The van der Waals surface area contributed by atoms with Gasteiger partial charge < -0.3 is 19.9 Å². The molecule has 0 spiro atoms. The number of alkyl halides is 2. The van der Waals surface area contributed by atoms with E-state index in [0.717, 1.165) is 12.8 Å². The molecule has 2 rings (SSSR count). The fraction of sp³-hybridized carbons (Fsp3) is 0.529. The quantitative estimate of drug-likeness (QED) is 0.882. The van der Waals surface area contributed by atoms with Crippen molar-refractivity contribution in [1.29, 1.82) is 0 Å². The largest absolute Gasteiger partial charge is 0.435 e. The second-order valence-electron chi connectivity index (χ2n) is 6.21. The minimum atomic E-state index is -2.88. The van der Waals surface area contributed by atoms with Crippen LogP contribution in [0.2, 0.25) is 0 Å². The van der Waals surface area contributed by atoms with Gasteiger partial charge in [0.05, 0.1) is 5.92 Å². The van der Waals surface area contributed by atoms with Crippen molar-refractivity contribution in [3.8, 4) is 5.75 Å². The lowest BCUT2D eigenvalue weighted by Crippen LogP contribution is -2.48. The Bertz CT molecular complexity index is 611. The van der Waals surface area contributed by atoms with Gasteiger partial charge in [-0.1, -0.05) is 12.1 Å². The highest BCUT2D eigenvalue weighted by Crippen LogP contribution is 2.19. The number of nitrogens with one attached hydrogen (secondary N) is 1. The number of carbonyl (C=O) groups excluding carboxylic acids is 2. The van der Waals surface area contributed by atoms with Crippen molar-refractivity contribution in [2.24, 2.45) is 5.92 Å². The average Bonchev–Trinajstić information content (AvgIpc) is 2.58. The van der Waals surface area contributed by atoms with E-state index < -0.39 is 6.61 Å². The second kappa shape index (κ2) is 8.64. The van der Waals surface area contributed by atoms with Crippen molar-refractivity contribution >= 4 is 11.9 Å². The van der Waals surface area contributed by atoms with Crippen molar-refractivity contribution in [3.05, 3.63) is 29.8 Å². The first-order chi connectivity index (χ1) is 11.9. The van der Waals surface area contributed by atoms with Crippen LogP contribution in [0.15, 0.2) is 24.3 Å². The van der Waals surface area contributed by atoms with Crippen LogP contribution in [0.5, 0.6) is 5.75 Å². The highest BCUT2D eigenvalue weighted by Gasteiger charge is 2.28. The summed E-state index contributed by atoms with van der Waals surface area (Å²) < 4.78 is 28.8. The summed E-state index contributed by atoms with van der Waals surface area (Å²) in [7, 11) is 3.36. The number of nitrogens with zero attached hydrogens (tertiary/aromatic N) is 2. The molecular formula is C17H23F2N3O3. The maximum Gasteiger partial charge on any atom is 0.387 e. The Balaban J connectivity index is 1.88. The average molecular weight is 355 g/mol. The fourth-order valence-corrected chi connectivity index (χ4v) is 2.81. The van der Waals surface area contributed by atoms with Crippen LogP contribution in [0, 0.1) is 5.92 Å². The lowest BCUT2D eigenvalue weighted by atomic mass is 9.97. The Hall–Kier alpha value is -2.38. The number of benzene rings is 1. The van der Waals surface area contributed by atoms with Crippen LogP contribution in [0.4, 0.5) is 13.6 Å². The van der Waals surface area contributed by atoms with Crippen LogP contribution in [0.1, 0.15) is 18.4 Å². The molecule has 6 nitrogen and oxygen atoms in total. The summed E-state index contributed by atoms with van der Waals surface area (Å²) in [5, 5.41) is 2.80. The molecule has 1 atom stereocenters. The predicted molar refractivity (Wildman–Crippen MR) is 88.3 cm³/mol. The lowest BCUT2D eigenvalue weighted by molar-refractivity contribution is -0.126. The molecule has 1 aromatic carbocycles. The van der Waals surface area contributed by atoms with Crippen molar-refractivity contribution < 1.29 is 23.1 Å². The molecular weight excluding hydrogens is 332 g/mol. The van der Waals surface area contributed by atoms with Crippen molar-refractivity contribution in [3.63, 3.8) is 0 Å². The van der Waals surface area contributed by atoms with Crippen LogP contribution in [-0.2, 0) is 11.3 Å². The Kier molecular flexibility index (Phi) is 6.55. The van der Waals surface area contributed by atoms with Crippen molar-refractivity contribution in [1.82, 2.24) is 15.1 Å². The first-order valence-electron chi connectivity index (χ1n) is 8.14. The molecule has 138 valence electrons. The standard InChI is InChI=1S/C17H23F2N3O3/c1-21(2)17(24)22-8-4-6-13(11-22)15(23)20-10-12-5-3-7-14(9-12)25-16(18)19/h3,5,7,9,13,16H,4,6,8,10-11H2,1-2H3,(H,20,23)/t13-/m1/s1. The maximum absolute atomic E-state index is 12.4. The molecule has 3 amide bonds. The molecule has 1 heterocycles. The van der Waals surface area contributed by atoms with E-state index >= 15 is 0 Å². The van der Waals surface area contributed by atoms with E-state index in [9.17, 15) is 18.4 Å². The highest BCUT2D eigenvalue weighted by atomic mass is 19.3. The van der Waals surface area contributed by atoms with Gasteiger partial charge in [-0.2, -0.15) is 8.78 Å². The molecule has 0 saturated carbocycles. The van der Waals surface area contributed by atoms with Gasteiger partial charge in [-0.05, 0) is 30.5 Å². The lowest BCUT2D eigenvalue weighted by Gasteiger charge is -2.33. The number of rotatable bonds is 5. The predicted octanol–water partition coefficient (Wildman–Crippen LogP) is 2.30. The van der Waals surface area contributed by atoms with Gasteiger partial charge in [-0.15, -0.1) is 0 Å². The summed E-state index contributed by atoms with van der Waals surface area (Å²) in [6, 6.07) is 6.12. The van der Waals surface area contributed by atoms with Gasteiger partial charge in [0.2, 0.25) is 5.91 Å². The minimum Gasteiger partial charge on any atom is -0.435 e. The Labute approximate surface area is 145 Å². The van der Waals surface area contributed by atoms with Gasteiger partial charge >= 0.3 is 12.6 Å². The van der Waals surface area contributed by atoms with E-state index in [1.807, 2.05) is 0 Å². The molecule has 1 saturated heterocycles. The zero-order valence-electron chi connectivity index (χ0n) is 14.4. The van der Waals surface area contributed by atoms with Crippen LogP contribution in [-0.4, -0.2) is 55.5 Å². The number of hydrogen-bond acceptors (Lipinski definition) is 3. The van der Waals surface area contributed by atoms with Gasteiger partial charge in [-0.25, -0.2) is 4.79 Å². The van der Waals surface area contributed by atoms with Crippen LogP contribution in [0.25, 0.3) is 0 Å². The van der Waals surface area contributed by atoms with Gasteiger partial charge in [0.1, 0.15) is 5.75 Å². The summed E-state index contributed by atoms with van der Waals surface area (Å²) in [6.07, 6.45) is 1.49. The third kappa shape index (κ3) is 5.58. The molecule has 1 aromatic rings. The van der Waals surface area contributed by atoms with Gasteiger partial charge in [0, 0.05) is 33.7 Å². The molecule has 0 aromatic heterocycles. The monoisotopic (exact) mass is 355 g/mol. The molecule has 1 aliphatic rings. The van der Waals surface area contributed by atoms with E-state index in [0.29, 0.717) is 18.7 Å². The summed E-state index contributed by atoms with van der Waals surface area (Å²) in [5.74, 6) is -0.350. The van der Waals surface area contributed by atoms with Crippen molar-refractivity contribution in [2.45, 2.75) is 26.0 Å². The maximum atomic E-state index is 12.4. The zero-order valence-corrected chi connectivity index (χ0v) is 14.4. The summed E-state index contributed by atoms with van der Waals surface area (Å²) in [4.78, 5) is 27.5. The third-order valence-electron chi connectivity index (χ3n) is 4.04. The summed E-state index contributed by atoms with van der Waals surface area (Å²) >= 11 is 0. The minimum absolute atomic E-state index is 0.0576. The van der Waals surface area contributed by atoms with E-state index in [1.54, 1.807) is 31.1 Å². The normalized spacial score (nSPS) is 17.3. The van der Waals surface area contributed by atoms with Crippen LogP contribution in [0.3, 0.4) is 0 Å². The molecule has 0 unspecified atom stereocenters. The number of halogens is 2.